The van der Waals surface area contributed by atoms with Gasteiger partial charge in [0.05, 0.1) is 26.3 Å². The third kappa shape index (κ3) is 9.22. The molecule has 61 heavy (non-hydrogen) atoms. The fourth-order valence-corrected chi connectivity index (χ4v) is 9.16. The van der Waals surface area contributed by atoms with Crippen LogP contribution >= 0.6 is 23.2 Å². The van der Waals surface area contributed by atoms with E-state index in [9.17, 15) is 19.2 Å². The molecule has 1 unspecified atom stereocenters. The summed E-state index contributed by atoms with van der Waals surface area (Å²) in [6.45, 7) is 4.66. The number of ether oxygens (including phenoxy) is 4. The van der Waals surface area contributed by atoms with Crippen molar-refractivity contribution in [3.63, 3.8) is 0 Å². The van der Waals surface area contributed by atoms with Gasteiger partial charge in [0.25, 0.3) is 0 Å². The van der Waals surface area contributed by atoms with E-state index in [1.54, 1.807) is 19.1 Å². The summed E-state index contributed by atoms with van der Waals surface area (Å²) in [6, 6.07) is 13.4. The molecule has 4 N–H and O–H groups in total. The minimum absolute atomic E-state index is 0.0784. The van der Waals surface area contributed by atoms with Crippen LogP contribution in [0.2, 0.25) is 10.3 Å². The molecule has 18 heteroatoms. The summed E-state index contributed by atoms with van der Waals surface area (Å²) in [6.07, 6.45) is 1.54. The van der Waals surface area contributed by atoms with Crippen LogP contribution in [0.3, 0.4) is 0 Å². The number of aromatic nitrogens is 4. The van der Waals surface area contributed by atoms with E-state index in [1.807, 2.05) is 60.4 Å². The van der Waals surface area contributed by atoms with Crippen molar-refractivity contribution in [1.29, 1.82) is 0 Å². The Morgan fingerprint density at radius 1 is 0.672 bits per heavy atom. The molecule has 326 valence electrons. The summed E-state index contributed by atoms with van der Waals surface area (Å²) < 4.78 is 20.0. The molecule has 3 aliphatic rings. The molecular weight excluding hydrogens is 827 g/mol. The molecule has 16 nitrogen and oxygen atoms in total. The van der Waals surface area contributed by atoms with Gasteiger partial charge in [0.1, 0.15) is 45.4 Å². The maximum absolute atomic E-state index is 14.0. The second-order valence-corrected chi connectivity index (χ2v) is 16.7. The van der Waals surface area contributed by atoms with Crippen molar-refractivity contribution in [1.82, 2.24) is 40.4 Å². The Morgan fingerprint density at radius 3 is 1.54 bits per heavy atom. The van der Waals surface area contributed by atoms with Gasteiger partial charge in [-0.2, -0.15) is 0 Å². The number of piperidine rings is 1. The average Bonchev–Trinajstić information content (AvgIpc) is 3.51. The summed E-state index contributed by atoms with van der Waals surface area (Å²) in [5, 5.41) is 6.06. The minimum Gasteiger partial charge on any atom is -0.453 e. The Kier molecular flexibility index (Phi) is 13.6. The number of H-pyrrole nitrogens is 2. The fourth-order valence-electron chi connectivity index (χ4n) is 8.66. The van der Waals surface area contributed by atoms with Gasteiger partial charge in [-0.15, -0.1) is 0 Å². The second-order valence-electron chi connectivity index (χ2n) is 15.9. The van der Waals surface area contributed by atoms with Crippen LogP contribution in [0.15, 0.2) is 48.5 Å². The number of imidazole rings is 2. The zero-order valence-electron chi connectivity index (χ0n) is 35.0. The number of benzene rings is 2. The van der Waals surface area contributed by atoms with Gasteiger partial charge < -0.3 is 49.3 Å². The topological polar surface area (TPSA) is 193 Å². The lowest BCUT2D eigenvalue weighted by atomic mass is 10.0. The zero-order chi connectivity index (χ0) is 43.5. The van der Waals surface area contributed by atoms with Gasteiger partial charge in [-0.3, -0.25) is 9.59 Å². The first-order valence-corrected chi connectivity index (χ1v) is 21.2. The predicted octanol–water partition coefficient (Wildman–Crippen LogP) is 6.92. The van der Waals surface area contributed by atoms with E-state index in [0.29, 0.717) is 58.7 Å². The molecule has 0 bridgehead atoms. The van der Waals surface area contributed by atoms with E-state index < -0.39 is 24.3 Å². The summed E-state index contributed by atoms with van der Waals surface area (Å²) in [4.78, 5) is 71.9. The molecule has 2 aromatic heterocycles. The SMILES string of the molecule is COCC[C@H](NC(=O)OC)C(=O)N1[C@@H]2CC2C[C@H]1c1nc(-c2ccc(-c3ccc(-c4nc([C@@H]5C[C@@H](C)[C@@H](C)N5C(=O)[C@H](CCOC)NC(=O)OC)[nH]c4Cl)cc3)cc2)c(Cl)[nH]1. The number of aromatic amines is 2. The number of halogens is 2. The van der Waals surface area contributed by atoms with Crippen molar-refractivity contribution >= 4 is 47.2 Å². The van der Waals surface area contributed by atoms with E-state index in [4.69, 9.17) is 52.1 Å². The first-order valence-electron chi connectivity index (χ1n) is 20.4. The number of nitrogens with zero attached hydrogens (tertiary/aromatic N) is 4. The van der Waals surface area contributed by atoms with Crippen LogP contribution in [0.1, 0.15) is 69.7 Å². The van der Waals surface area contributed by atoms with Crippen molar-refractivity contribution in [2.45, 2.75) is 82.2 Å². The van der Waals surface area contributed by atoms with Gasteiger partial charge in [0.15, 0.2) is 0 Å². The molecule has 2 aliphatic heterocycles. The van der Waals surface area contributed by atoms with Crippen LogP contribution in [-0.2, 0) is 28.5 Å². The van der Waals surface area contributed by atoms with Crippen molar-refractivity contribution in [3.05, 3.63) is 70.5 Å². The van der Waals surface area contributed by atoms with Crippen LogP contribution in [0.4, 0.5) is 9.59 Å². The Bertz CT molecular complexity index is 2220. The number of hydrogen-bond donors (Lipinski definition) is 4. The van der Waals surface area contributed by atoms with Crippen molar-refractivity contribution < 1.29 is 38.1 Å². The van der Waals surface area contributed by atoms with Gasteiger partial charge in [-0.1, -0.05) is 78.7 Å². The first kappa shape index (κ1) is 43.9. The molecule has 8 atom stereocenters. The van der Waals surface area contributed by atoms with Crippen LogP contribution in [0.5, 0.6) is 0 Å². The highest BCUT2D eigenvalue weighted by atomic mass is 35.5. The van der Waals surface area contributed by atoms with Crippen LogP contribution in [0, 0.1) is 11.8 Å². The lowest BCUT2D eigenvalue weighted by Gasteiger charge is -2.32. The van der Waals surface area contributed by atoms with Gasteiger partial charge in [0.2, 0.25) is 11.8 Å². The Hall–Kier alpha value is -5.16. The number of rotatable bonds is 15. The number of fused-ring (bicyclic) bond motifs is 1. The second kappa shape index (κ2) is 18.8. The molecule has 3 fully saturated rings. The van der Waals surface area contributed by atoms with E-state index in [-0.39, 0.29) is 54.9 Å². The molecule has 4 aromatic rings. The minimum atomic E-state index is -0.836. The number of methoxy groups -OCH3 is 4. The molecule has 1 saturated carbocycles. The van der Waals surface area contributed by atoms with Crippen molar-refractivity contribution in [2.75, 3.05) is 41.7 Å². The highest BCUT2D eigenvalue weighted by Gasteiger charge is 2.56. The van der Waals surface area contributed by atoms with Crippen LogP contribution < -0.4 is 10.6 Å². The first-order chi connectivity index (χ1) is 29.4. The largest absolute Gasteiger partial charge is 0.453 e. The monoisotopic (exact) mass is 878 g/mol. The van der Waals surface area contributed by atoms with E-state index >= 15 is 0 Å². The maximum Gasteiger partial charge on any atom is 0.407 e. The highest BCUT2D eigenvalue weighted by molar-refractivity contribution is 6.32. The molecule has 1 aliphatic carbocycles. The Labute approximate surface area is 364 Å². The average molecular weight is 880 g/mol. The Morgan fingerprint density at radius 2 is 1.10 bits per heavy atom. The summed E-state index contributed by atoms with van der Waals surface area (Å²) >= 11 is 13.5. The molecule has 4 amide bonds. The predicted molar refractivity (Wildman–Crippen MR) is 228 cm³/mol. The molecular formula is C43H52Cl2N8O8. The fraction of sp³-hybridized carbons (Fsp3) is 0.488. The van der Waals surface area contributed by atoms with Crippen molar-refractivity contribution in [2.24, 2.45) is 11.8 Å². The van der Waals surface area contributed by atoms with Gasteiger partial charge >= 0.3 is 12.2 Å². The third-order valence-corrected chi connectivity index (χ3v) is 12.8. The van der Waals surface area contributed by atoms with E-state index in [1.165, 1.54) is 14.2 Å². The van der Waals surface area contributed by atoms with Crippen LogP contribution in [0.25, 0.3) is 33.6 Å². The highest BCUT2D eigenvalue weighted by Crippen LogP contribution is 2.53. The van der Waals surface area contributed by atoms with E-state index in [0.717, 1.165) is 35.1 Å². The number of amides is 4. The number of carbonyl (C=O) groups excluding carboxylic acids is 4. The summed E-state index contributed by atoms with van der Waals surface area (Å²) in [5.41, 5.74) is 4.69. The normalized spacial score (nSPS) is 22.7. The standard InChI is InChI=1S/C43H52Cl2N8O8/c1-22-19-32(52(23(22)2)40(54)29(15-17-58-3)46-42(56)60-5)38-48-34(36(44)50-38)26-11-7-24(8-12-26)25-9-13-27(14-10-25)35-37(45)51-39(49-35)33-21-28-20-31(28)53(33)41(55)30(16-18-59-4)47-43(57)61-6/h7-14,22-23,28-33H,15-21H2,1-6H3,(H,46,56)(H,47,57)(H,48,50)(H,49,51)/t22-,23-,28?,29+,30+,31-,32+,33+/m1/s1. The quantitative estimate of drug-likeness (QED) is 0.0974. The van der Waals surface area contributed by atoms with Gasteiger partial charge in [-0.25, -0.2) is 19.6 Å². The number of likely N-dealkylation sites (tertiary alicyclic amines) is 2. The Balaban J connectivity index is 1.05. The van der Waals surface area contributed by atoms with Gasteiger partial charge in [-0.05, 0) is 49.1 Å². The van der Waals surface area contributed by atoms with Crippen molar-refractivity contribution in [3.8, 4) is 33.6 Å². The maximum atomic E-state index is 14.0. The molecule has 0 radical (unpaired) electrons. The third-order valence-electron chi connectivity index (χ3n) is 12.2. The number of alkyl carbamates (subject to hydrolysis) is 2. The summed E-state index contributed by atoms with van der Waals surface area (Å²) in [7, 11) is 5.62. The van der Waals surface area contributed by atoms with E-state index in [2.05, 4.69) is 27.5 Å². The van der Waals surface area contributed by atoms with Crippen LogP contribution in [-0.4, -0.2) is 120 Å². The number of nitrogens with one attached hydrogen (secondary N) is 4. The van der Waals surface area contributed by atoms with Gasteiger partial charge in [0, 0.05) is 63.5 Å². The molecule has 7 rings (SSSR count). The number of carbonyl (C=O) groups is 4. The molecule has 2 aromatic carbocycles. The lowest BCUT2D eigenvalue weighted by molar-refractivity contribution is -0.137. The smallest absolute Gasteiger partial charge is 0.407 e. The molecule has 4 heterocycles. The molecule has 0 spiro atoms. The molecule has 2 saturated heterocycles. The zero-order valence-corrected chi connectivity index (χ0v) is 36.5. The summed E-state index contributed by atoms with van der Waals surface area (Å²) in [5.74, 6) is 1.25. The number of hydrogen-bond acceptors (Lipinski definition) is 10. The lowest BCUT2D eigenvalue weighted by Crippen LogP contribution is -2.51.